The summed E-state index contributed by atoms with van der Waals surface area (Å²) in [5.74, 6) is 0.0933. The maximum atomic E-state index is 12.5. The van der Waals surface area contributed by atoms with Crippen LogP contribution in [0.4, 0.5) is 5.69 Å². The number of carbonyl (C=O) groups is 1. The minimum absolute atomic E-state index is 0.0933. The third-order valence-corrected chi connectivity index (χ3v) is 5.69. The Bertz CT molecular complexity index is 860. The zero-order chi connectivity index (χ0) is 19.3. The van der Waals surface area contributed by atoms with E-state index in [9.17, 15) is 10.1 Å². The zero-order valence-corrected chi connectivity index (χ0v) is 16.1. The number of likely N-dealkylation sites (tertiary alicyclic amines) is 2. The quantitative estimate of drug-likeness (QED) is 0.872. The second kappa shape index (κ2) is 8.45. The minimum Gasteiger partial charge on any atom is -0.381 e. The molecular formula is C23H26N4O. The number of hydrogen-bond acceptors (Lipinski definition) is 4. The van der Waals surface area contributed by atoms with Gasteiger partial charge in [0.25, 0.3) is 0 Å². The van der Waals surface area contributed by atoms with E-state index in [1.54, 1.807) is 4.90 Å². The first-order chi connectivity index (χ1) is 13.7. The Morgan fingerprint density at radius 3 is 2.71 bits per heavy atom. The van der Waals surface area contributed by atoms with E-state index in [1.807, 2.05) is 6.07 Å². The SMILES string of the molecule is N#CC1CCCN1C(=O)CN1CC[C@@H](Nc2cccc(-c3ccccc3)c2)C1. The summed E-state index contributed by atoms with van der Waals surface area (Å²) in [6.07, 6.45) is 2.76. The van der Waals surface area contributed by atoms with Gasteiger partial charge in [0.2, 0.25) is 5.91 Å². The van der Waals surface area contributed by atoms with Crippen molar-refractivity contribution in [1.29, 1.82) is 5.26 Å². The molecule has 1 amide bonds. The maximum absolute atomic E-state index is 12.5. The van der Waals surface area contributed by atoms with Gasteiger partial charge in [-0.2, -0.15) is 5.26 Å². The molecule has 28 heavy (non-hydrogen) atoms. The summed E-state index contributed by atoms with van der Waals surface area (Å²) >= 11 is 0. The van der Waals surface area contributed by atoms with E-state index in [0.717, 1.165) is 44.6 Å². The summed E-state index contributed by atoms with van der Waals surface area (Å²) in [7, 11) is 0. The molecule has 2 aromatic carbocycles. The van der Waals surface area contributed by atoms with Crippen molar-refractivity contribution in [2.75, 3.05) is 31.5 Å². The lowest BCUT2D eigenvalue weighted by Crippen LogP contribution is -2.42. The highest BCUT2D eigenvalue weighted by Gasteiger charge is 2.31. The average Bonchev–Trinajstić information content (AvgIpc) is 3.38. The molecule has 0 bridgehead atoms. The van der Waals surface area contributed by atoms with Crippen molar-refractivity contribution in [1.82, 2.24) is 9.80 Å². The topological polar surface area (TPSA) is 59.4 Å². The third kappa shape index (κ3) is 4.18. The Labute approximate surface area is 166 Å². The van der Waals surface area contributed by atoms with Crippen molar-refractivity contribution in [2.24, 2.45) is 0 Å². The van der Waals surface area contributed by atoms with E-state index >= 15 is 0 Å². The summed E-state index contributed by atoms with van der Waals surface area (Å²) in [6, 6.07) is 21.2. The van der Waals surface area contributed by atoms with Gasteiger partial charge in [-0.05, 0) is 42.5 Å². The van der Waals surface area contributed by atoms with E-state index in [2.05, 4.69) is 64.8 Å². The van der Waals surface area contributed by atoms with Gasteiger partial charge in [-0.1, -0.05) is 42.5 Å². The van der Waals surface area contributed by atoms with Crippen LogP contribution in [0.3, 0.4) is 0 Å². The molecule has 0 spiro atoms. The Morgan fingerprint density at radius 2 is 1.89 bits per heavy atom. The molecule has 2 fully saturated rings. The third-order valence-electron chi connectivity index (χ3n) is 5.69. The lowest BCUT2D eigenvalue weighted by molar-refractivity contribution is -0.132. The molecule has 144 valence electrons. The van der Waals surface area contributed by atoms with E-state index in [4.69, 9.17) is 0 Å². The number of hydrogen-bond donors (Lipinski definition) is 1. The highest BCUT2D eigenvalue weighted by atomic mass is 16.2. The van der Waals surface area contributed by atoms with Crippen LogP contribution in [0, 0.1) is 11.3 Å². The van der Waals surface area contributed by atoms with E-state index in [1.165, 1.54) is 11.1 Å². The number of nitriles is 1. The smallest absolute Gasteiger partial charge is 0.237 e. The lowest BCUT2D eigenvalue weighted by Gasteiger charge is -2.23. The summed E-state index contributed by atoms with van der Waals surface area (Å²) in [5, 5.41) is 12.8. The average molecular weight is 374 g/mol. The van der Waals surface area contributed by atoms with Crippen molar-refractivity contribution in [3.05, 3.63) is 54.6 Å². The first kappa shape index (κ1) is 18.5. The van der Waals surface area contributed by atoms with Gasteiger partial charge in [0.1, 0.15) is 6.04 Å². The molecule has 0 aromatic heterocycles. The Morgan fingerprint density at radius 1 is 1.07 bits per heavy atom. The number of anilines is 1. The van der Waals surface area contributed by atoms with E-state index < -0.39 is 0 Å². The fourth-order valence-corrected chi connectivity index (χ4v) is 4.23. The van der Waals surface area contributed by atoms with Crippen LogP contribution in [0.25, 0.3) is 11.1 Å². The summed E-state index contributed by atoms with van der Waals surface area (Å²) in [4.78, 5) is 16.5. The van der Waals surface area contributed by atoms with Gasteiger partial charge in [0.05, 0.1) is 12.6 Å². The van der Waals surface area contributed by atoms with E-state index in [-0.39, 0.29) is 11.9 Å². The molecule has 2 aliphatic rings. The highest BCUT2D eigenvalue weighted by Crippen LogP contribution is 2.24. The summed E-state index contributed by atoms with van der Waals surface area (Å²) in [5.41, 5.74) is 3.53. The first-order valence-corrected chi connectivity index (χ1v) is 10.1. The second-order valence-electron chi connectivity index (χ2n) is 7.69. The number of amides is 1. The van der Waals surface area contributed by atoms with Crippen molar-refractivity contribution in [3.8, 4) is 17.2 Å². The van der Waals surface area contributed by atoms with Gasteiger partial charge in [-0.25, -0.2) is 0 Å². The van der Waals surface area contributed by atoms with Gasteiger partial charge in [0.15, 0.2) is 0 Å². The minimum atomic E-state index is -0.232. The summed E-state index contributed by atoms with van der Waals surface area (Å²) < 4.78 is 0. The maximum Gasteiger partial charge on any atom is 0.237 e. The molecule has 0 radical (unpaired) electrons. The predicted molar refractivity (Wildman–Crippen MR) is 111 cm³/mol. The van der Waals surface area contributed by atoms with E-state index in [0.29, 0.717) is 12.6 Å². The first-order valence-electron chi connectivity index (χ1n) is 10.1. The number of nitrogens with zero attached hydrogens (tertiary/aromatic N) is 3. The normalized spacial score (nSPS) is 22.2. The molecule has 2 heterocycles. The van der Waals surface area contributed by atoms with Crippen LogP contribution in [0.5, 0.6) is 0 Å². The predicted octanol–water partition coefficient (Wildman–Crippen LogP) is 3.35. The molecule has 2 saturated heterocycles. The molecule has 2 atom stereocenters. The van der Waals surface area contributed by atoms with Gasteiger partial charge >= 0.3 is 0 Å². The Kier molecular flexibility index (Phi) is 5.59. The van der Waals surface area contributed by atoms with Gasteiger partial charge < -0.3 is 10.2 Å². The van der Waals surface area contributed by atoms with Crippen molar-refractivity contribution < 1.29 is 4.79 Å². The van der Waals surface area contributed by atoms with Crippen LogP contribution < -0.4 is 5.32 Å². The molecule has 0 aliphatic carbocycles. The van der Waals surface area contributed by atoms with Crippen LogP contribution in [0.1, 0.15) is 19.3 Å². The fourth-order valence-electron chi connectivity index (χ4n) is 4.23. The van der Waals surface area contributed by atoms with Gasteiger partial charge in [0, 0.05) is 31.4 Å². The zero-order valence-electron chi connectivity index (χ0n) is 16.1. The standard InChI is InChI=1S/C23H26N4O/c24-15-22-10-5-12-27(22)23(28)17-26-13-11-21(16-26)25-20-9-4-8-19(14-20)18-6-2-1-3-7-18/h1-4,6-9,14,21-22,25H,5,10-13,16-17H2/t21-,22?/m1/s1. The fraction of sp³-hybridized carbons (Fsp3) is 0.391. The van der Waals surface area contributed by atoms with Crippen molar-refractivity contribution >= 4 is 11.6 Å². The molecule has 0 saturated carbocycles. The molecule has 1 unspecified atom stereocenters. The molecule has 5 heteroatoms. The molecule has 2 aliphatic heterocycles. The van der Waals surface area contributed by atoms with Gasteiger partial charge in [-0.15, -0.1) is 0 Å². The number of benzene rings is 2. The largest absolute Gasteiger partial charge is 0.381 e. The molecule has 4 rings (SSSR count). The van der Waals surface area contributed by atoms with Crippen molar-refractivity contribution in [2.45, 2.75) is 31.3 Å². The Hall–Kier alpha value is -2.84. The lowest BCUT2D eigenvalue weighted by atomic mass is 10.1. The second-order valence-corrected chi connectivity index (χ2v) is 7.69. The monoisotopic (exact) mass is 374 g/mol. The van der Waals surface area contributed by atoms with Crippen LogP contribution >= 0.6 is 0 Å². The molecular weight excluding hydrogens is 348 g/mol. The molecule has 5 nitrogen and oxygen atoms in total. The van der Waals surface area contributed by atoms with Crippen molar-refractivity contribution in [3.63, 3.8) is 0 Å². The number of nitrogens with one attached hydrogen (secondary N) is 1. The van der Waals surface area contributed by atoms with Gasteiger partial charge in [-0.3, -0.25) is 9.69 Å². The Balaban J connectivity index is 1.33. The van der Waals surface area contributed by atoms with Crippen LogP contribution in [-0.4, -0.2) is 54.0 Å². The molecule has 1 N–H and O–H groups in total. The van der Waals surface area contributed by atoms with Crippen LogP contribution in [0.15, 0.2) is 54.6 Å². The number of carbonyl (C=O) groups excluding carboxylic acids is 1. The van der Waals surface area contributed by atoms with Crippen LogP contribution in [0.2, 0.25) is 0 Å². The molecule has 2 aromatic rings. The highest BCUT2D eigenvalue weighted by molar-refractivity contribution is 5.79. The number of rotatable bonds is 5. The summed E-state index contributed by atoms with van der Waals surface area (Å²) in [6.45, 7) is 2.90. The van der Waals surface area contributed by atoms with Crippen LogP contribution in [-0.2, 0) is 4.79 Å².